The summed E-state index contributed by atoms with van der Waals surface area (Å²) in [6.45, 7) is 2.81. The van der Waals surface area contributed by atoms with E-state index in [4.69, 9.17) is 4.74 Å². The number of morpholine rings is 1. The fourth-order valence-electron chi connectivity index (χ4n) is 2.31. The van der Waals surface area contributed by atoms with Gasteiger partial charge < -0.3 is 19.9 Å². The van der Waals surface area contributed by atoms with Gasteiger partial charge in [-0.1, -0.05) is 0 Å². The Bertz CT molecular complexity index is 702. The van der Waals surface area contributed by atoms with E-state index < -0.39 is 0 Å². The van der Waals surface area contributed by atoms with Crippen molar-refractivity contribution in [3.05, 3.63) is 30.5 Å². The first-order chi connectivity index (χ1) is 11.6. The summed E-state index contributed by atoms with van der Waals surface area (Å²) in [5.41, 5.74) is 0.757. The second kappa shape index (κ2) is 7.18. The second-order valence-electron chi connectivity index (χ2n) is 5.45. The molecule has 0 saturated carbocycles. The quantitative estimate of drug-likeness (QED) is 0.862. The highest BCUT2D eigenvalue weighted by molar-refractivity contribution is 6.04. The highest BCUT2D eigenvalue weighted by Crippen LogP contribution is 2.24. The van der Waals surface area contributed by atoms with Crippen LogP contribution in [0.25, 0.3) is 0 Å². The molecule has 0 bridgehead atoms. The van der Waals surface area contributed by atoms with Gasteiger partial charge in [-0.2, -0.15) is 4.98 Å². The Balaban J connectivity index is 1.83. The molecule has 0 aromatic carbocycles. The maximum absolute atomic E-state index is 12.3. The van der Waals surface area contributed by atoms with Crippen molar-refractivity contribution in [2.24, 2.45) is 0 Å². The number of nitrogens with zero attached hydrogens (tertiary/aromatic N) is 6. The third-order valence-corrected chi connectivity index (χ3v) is 3.52. The van der Waals surface area contributed by atoms with E-state index in [0.717, 1.165) is 13.1 Å². The van der Waals surface area contributed by atoms with E-state index in [-0.39, 0.29) is 11.6 Å². The predicted octanol–water partition coefficient (Wildman–Crippen LogP) is 0.421. The van der Waals surface area contributed by atoms with Gasteiger partial charge in [-0.25, -0.2) is 9.97 Å². The summed E-state index contributed by atoms with van der Waals surface area (Å²) in [5, 5.41) is 2.79. The van der Waals surface area contributed by atoms with Crippen LogP contribution in [0.2, 0.25) is 0 Å². The SMILES string of the molecule is CN(C)c1nc(N2CCOCC2)ncc1NC(=O)c1cnccn1. The maximum atomic E-state index is 12.3. The number of hydrogen-bond donors (Lipinski definition) is 1. The first kappa shape index (κ1) is 16.1. The van der Waals surface area contributed by atoms with Crippen molar-refractivity contribution < 1.29 is 9.53 Å². The summed E-state index contributed by atoms with van der Waals surface area (Å²) in [6.07, 6.45) is 6.01. The average molecular weight is 329 g/mol. The normalized spacial score (nSPS) is 14.3. The number of carbonyl (C=O) groups excluding carboxylic acids is 1. The van der Waals surface area contributed by atoms with Crippen molar-refractivity contribution >= 4 is 23.4 Å². The molecule has 1 saturated heterocycles. The van der Waals surface area contributed by atoms with Gasteiger partial charge in [0.25, 0.3) is 5.91 Å². The lowest BCUT2D eigenvalue weighted by Gasteiger charge is -2.28. The van der Waals surface area contributed by atoms with Gasteiger partial charge in [0.05, 0.1) is 25.6 Å². The highest BCUT2D eigenvalue weighted by atomic mass is 16.5. The van der Waals surface area contributed by atoms with Crippen molar-refractivity contribution in [1.82, 2.24) is 19.9 Å². The molecular formula is C15H19N7O2. The van der Waals surface area contributed by atoms with Crippen molar-refractivity contribution in [1.29, 1.82) is 0 Å². The van der Waals surface area contributed by atoms with Crippen LogP contribution in [0.4, 0.5) is 17.5 Å². The average Bonchev–Trinajstić information content (AvgIpc) is 2.63. The molecule has 0 aliphatic carbocycles. The van der Waals surface area contributed by atoms with Crippen LogP contribution in [-0.2, 0) is 4.74 Å². The molecule has 1 aliphatic heterocycles. The molecule has 3 heterocycles. The number of hydrogen-bond acceptors (Lipinski definition) is 8. The Morgan fingerprint density at radius 2 is 2.00 bits per heavy atom. The number of aromatic nitrogens is 4. The van der Waals surface area contributed by atoms with Gasteiger partial charge in [-0.05, 0) is 0 Å². The number of rotatable bonds is 4. The Hall–Kier alpha value is -2.81. The Morgan fingerprint density at radius 1 is 1.21 bits per heavy atom. The van der Waals surface area contributed by atoms with Gasteiger partial charge in [-0.15, -0.1) is 0 Å². The van der Waals surface area contributed by atoms with Crippen LogP contribution >= 0.6 is 0 Å². The van der Waals surface area contributed by atoms with E-state index >= 15 is 0 Å². The molecule has 9 heteroatoms. The first-order valence-corrected chi connectivity index (χ1v) is 7.59. The fourth-order valence-corrected chi connectivity index (χ4v) is 2.31. The van der Waals surface area contributed by atoms with Crippen molar-refractivity contribution in [3.63, 3.8) is 0 Å². The maximum Gasteiger partial charge on any atom is 0.276 e. The number of anilines is 3. The molecule has 1 fully saturated rings. The van der Waals surface area contributed by atoms with E-state index in [2.05, 4.69) is 30.2 Å². The molecule has 1 amide bonds. The van der Waals surface area contributed by atoms with Gasteiger partial charge in [-0.3, -0.25) is 9.78 Å². The van der Waals surface area contributed by atoms with E-state index in [1.165, 1.54) is 18.6 Å². The van der Waals surface area contributed by atoms with Crippen LogP contribution in [0, 0.1) is 0 Å². The lowest BCUT2D eigenvalue weighted by Crippen LogP contribution is -2.37. The zero-order chi connectivity index (χ0) is 16.9. The summed E-state index contributed by atoms with van der Waals surface area (Å²) in [4.78, 5) is 33.0. The molecule has 1 N–H and O–H groups in total. The summed E-state index contributed by atoms with van der Waals surface area (Å²) in [5.74, 6) is 0.900. The van der Waals surface area contributed by atoms with Crippen LogP contribution in [0.3, 0.4) is 0 Å². The summed E-state index contributed by atoms with van der Waals surface area (Å²) in [7, 11) is 3.73. The number of carbonyl (C=O) groups is 1. The summed E-state index contributed by atoms with van der Waals surface area (Å²) >= 11 is 0. The Kier molecular flexibility index (Phi) is 4.80. The van der Waals surface area contributed by atoms with E-state index in [1.807, 2.05) is 19.0 Å². The third-order valence-electron chi connectivity index (χ3n) is 3.52. The van der Waals surface area contributed by atoms with Gasteiger partial charge in [0.1, 0.15) is 11.4 Å². The fraction of sp³-hybridized carbons (Fsp3) is 0.400. The Labute approximate surface area is 139 Å². The molecule has 9 nitrogen and oxygen atoms in total. The molecule has 0 radical (unpaired) electrons. The van der Waals surface area contributed by atoms with Gasteiger partial charge in [0.15, 0.2) is 5.82 Å². The van der Waals surface area contributed by atoms with Crippen LogP contribution in [0.5, 0.6) is 0 Å². The number of ether oxygens (including phenoxy) is 1. The topological polar surface area (TPSA) is 96.4 Å². The molecule has 2 aromatic rings. The first-order valence-electron chi connectivity index (χ1n) is 7.59. The number of nitrogens with one attached hydrogen (secondary N) is 1. The Morgan fingerprint density at radius 3 is 2.67 bits per heavy atom. The van der Waals surface area contributed by atoms with Crippen LogP contribution in [0.1, 0.15) is 10.5 Å². The van der Waals surface area contributed by atoms with Gasteiger partial charge in [0, 0.05) is 39.6 Å². The largest absolute Gasteiger partial charge is 0.378 e. The van der Waals surface area contributed by atoms with E-state index in [0.29, 0.717) is 30.7 Å². The number of amides is 1. The van der Waals surface area contributed by atoms with Crippen molar-refractivity contribution in [3.8, 4) is 0 Å². The summed E-state index contributed by atoms with van der Waals surface area (Å²) in [6, 6.07) is 0. The second-order valence-corrected chi connectivity index (χ2v) is 5.45. The highest BCUT2D eigenvalue weighted by Gasteiger charge is 2.18. The molecule has 1 aliphatic rings. The van der Waals surface area contributed by atoms with Crippen molar-refractivity contribution in [2.45, 2.75) is 0 Å². The molecule has 3 rings (SSSR count). The minimum absolute atomic E-state index is 0.236. The molecule has 0 spiro atoms. The molecule has 24 heavy (non-hydrogen) atoms. The summed E-state index contributed by atoms with van der Waals surface area (Å²) < 4.78 is 5.35. The van der Waals surface area contributed by atoms with Crippen LogP contribution in [-0.4, -0.2) is 66.2 Å². The van der Waals surface area contributed by atoms with Crippen LogP contribution in [0.15, 0.2) is 24.8 Å². The molecular weight excluding hydrogens is 310 g/mol. The molecule has 2 aromatic heterocycles. The zero-order valence-electron chi connectivity index (χ0n) is 13.6. The van der Waals surface area contributed by atoms with E-state index in [9.17, 15) is 4.79 Å². The molecule has 0 atom stereocenters. The molecule has 0 unspecified atom stereocenters. The molecule has 126 valence electrons. The lowest BCUT2D eigenvalue weighted by molar-refractivity contribution is 0.102. The van der Waals surface area contributed by atoms with Crippen molar-refractivity contribution in [2.75, 3.05) is 55.5 Å². The van der Waals surface area contributed by atoms with Crippen LogP contribution < -0.4 is 15.1 Å². The predicted molar refractivity (Wildman–Crippen MR) is 89.4 cm³/mol. The van der Waals surface area contributed by atoms with Gasteiger partial charge in [0.2, 0.25) is 5.95 Å². The smallest absolute Gasteiger partial charge is 0.276 e. The minimum atomic E-state index is -0.353. The zero-order valence-corrected chi connectivity index (χ0v) is 13.6. The third kappa shape index (κ3) is 3.57. The van der Waals surface area contributed by atoms with Gasteiger partial charge >= 0.3 is 0 Å². The minimum Gasteiger partial charge on any atom is -0.378 e. The monoisotopic (exact) mass is 329 g/mol. The lowest BCUT2D eigenvalue weighted by atomic mass is 10.3. The van der Waals surface area contributed by atoms with E-state index in [1.54, 1.807) is 6.20 Å². The standard InChI is InChI=1S/C15H19N7O2/c1-21(2)13-11(19-14(23)12-9-16-3-4-17-12)10-18-15(20-13)22-5-7-24-8-6-22/h3-4,9-10H,5-8H2,1-2H3,(H,19,23).